The number of benzene rings is 2. The maximum atomic E-state index is 13.3. The van der Waals surface area contributed by atoms with Crippen LogP contribution in [0.3, 0.4) is 0 Å². The number of nitrogens with one attached hydrogen (secondary N) is 1. The topological polar surface area (TPSA) is 90.1 Å². The van der Waals surface area contributed by atoms with Gasteiger partial charge in [-0.3, -0.25) is 19.5 Å². The first-order valence-corrected chi connectivity index (χ1v) is 8.89. The number of nitro benzene ring substituents is 1. The molecule has 0 bridgehead atoms. The van der Waals surface area contributed by atoms with E-state index in [4.69, 9.17) is 0 Å². The number of aromatic nitrogens is 2. The molecule has 0 aliphatic rings. The molecule has 0 aliphatic heterocycles. The van der Waals surface area contributed by atoms with E-state index in [1.54, 1.807) is 30.3 Å². The summed E-state index contributed by atoms with van der Waals surface area (Å²) in [6.45, 7) is -0.0909. The summed E-state index contributed by atoms with van der Waals surface area (Å²) in [5.74, 6) is -0.469. The highest BCUT2D eigenvalue weighted by Gasteiger charge is 2.38. The fourth-order valence-corrected chi connectivity index (χ4v) is 3.11. The molecule has 3 rings (SSSR count). The van der Waals surface area contributed by atoms with Gasteiger partial charge < -0.3 is 5.32 Å². The standard InChI is InChI=1S/C18H12BrF3N4O3/c19-14-15(18(20,21)22)24-17(23-12-8-4-5-9-13(12)26(28)29)25(16(14)27)10-11-6-2-1-3-7-11/h1-9H,10H2,(H,23,24). The monoisotopic (exact) mass is 468 g/mol. The maximum Gasteiger partial charge on any atom is 0.434 e. The molecule has 0 unspecified atom stereocenters. The molecule has 11 heteroatoms. The van der Waals surface area contributed by atoms with Crippen molar-refractivity contribution in [3.8, 4) is 0 Å². The first kappa shape index (κ1) is 20.5. The lowest BCUT2D eigenvalue weighted by Gasteiger charge is -2.17. The van der Waals surface area contributed by atoms with Gasteiger partial charge in [0.2, 0.25) is 5.95 Å². The Bertz CT molecular complexity index is 1120. The van der Waals surface area contributed by atoms with Gasteiger partial charge in [-0.15, -0.1) is 0 Å². The second kappa shape index (κ2) is 8.03. The molecule has 0 amide bonds. The molecule has 2 aromatic carbocycles. The number of hydrogen-bond donors (Lipinski definition) is 1. The van der Waals surface area contributed by atoms with Gasteiger partial charge in [0.05, 0.1) is 11.5 Å². The zero-order valence-corrected chi connectivity index (χ0v) is 16.1. The van der Waals surface area contributed by atoms with Crippen molar-refractivity contribution < 1.29 is 18.1 Å². The molecule has 1 heterocycles. The Hall–Kier alpha value is -3.21. The van der Waals surface area contributed by atoms with Crippen LogP contribution in [0.4, 0.5) is 30.5 Å². The normalized spacial score (nSPS) is 11.3. The first-order chi connectivity index (χ1) is 13.7. The summed E-state index contributed by atoms with van der Waals surface area (Å²) < 4.78 is 40.2. The lowest BCUT2D eigenvalue weighted by atomic mass is 10.2. The molecule has 0 atom stereocenters. The van der Waals surface area contributed by atoms with Crippen LogP contribution in [0.15, 0.2) is 63.9 Å². The molecule has 150 valence electrons. The third-order valence-electron chi connectivity index (χ3n) is 3.91. The van der Waals surface area contributed by atoms with Crippen LogP contribution in [0.25, 0.3) is 0 Å². The molecule has 0 fully saturated rings. The third kappa shape index (κ3) is 4.45. The van der Waals surface area contributed by atoms with Crippen molar-refractivity contribution in [2.45, 2.75) is 12.7 Å². The van der Waals surface area contributed by atoms with Crippen molar-refractivity contribution in [1.82, 2.24) is 9.55 Å². The van der Waals surface area contributed by atoms with Gasteiger partial charge in [-0.2, -0.15) is 13.2 Å². The Kier molecular flexibility index (Phi) is 5.69. The fourth-order valence-electron chi connectivity index (χ4n) is 2.59. The number of hydrogen-bond acceptors (Lipinski definition) is 5. The van der Waals surface area contributed by atoms with Crippen molar-refractivity contribution in [1.29, 1.82) is 0 Å². The minimum atomic E-state index is -4.90. The van der Waals surface area contributed by atoms with Crippen LogP contribution in [0.2, 0.25) is 0 Å². The quantitative estimate of drug-likeness (QED) is 0.432. The SMILES string of the molecule is O=c1c(Br)c(C(F)(F)F)nc(Nc2ccccc2[N+](=O)[O-])n1Cc1ccccc1. The van der Waals surface area contributed by atoms with Crippen LogP contribution in [-0.2, 0) is 12.7 Å². The smallest absolute Gasteiger partial charge is 0.320 e. The number of nitro groups is 1. The molecule has 0 spiro atoms. The van der Waals surface area contributed by atoms with Crippen LogP contribution < -0.4 is 10.9 Å². The van der Waals surface area contributed by atoms with E-state index in [1.807, 2.05) is 0 Å². The predicted octanol–water partition coefficient (Wildman–Crippen LogP) is 4.72. The second-order valence-electron chi connectivity index (χ2n) is 5.87. The van der Waals surface area contributed by atoms with Gasteiger partial charge >= 0.3 is 6.18 Å². The fraction of sp³-hybridized carbons (Fsp3) is 0.111. The van der Waals surface area contributed by atoms with Gasteiger partial charge in [-0.1, -0.05) is 42.5 Å². The minimum absolute atomic E-state index is 0.0909. The third-order valence-corrected chi connectivity index (χ3v) is 4.63. The van der Waals surface area contributed by atoms with Crippen LogP contribution in [0, 0.1) is 10.1 Å². The molecule has 1 N–H and O–H groups in total. The van der Waals surface area contributed by atoms with E-state index in [0.717, 1.165) is 4.57 Å². The summed E-state index contributed by atoms with van der Waals surface area (Å²) in [5.41, 5.74) is -2.23. The van der Waals surface area contributed by atoms with E-state index < -0.39 is 32.8 Å². The number of rotatable bonds is 5. The Balaban J connectivity index is 2.19. The predicted molar refractivity (Wildman–Crippen MR) is 103 cm³/mol. The zero-order valence-electron chi connectivity index (χ0n) is 14.5. The van der Waals surface area contributed by atoms with Crippen molar-refractivity contribution in [2.75, 3.05) is 5.32 Å². The number of halogens is 4. The highest BCUT2D eigenvalue weighted by Crippen LogP contribution is 2.34. The largest absolute Gasteiger partial charge is 0.434 e. The van der Waals surface area contributed by atoms with Crippen LogP contribution >= 0.6 is 15.9 Å². The molecule has 0 saturated carbocycles. The summed E-state index contributed by atoms with van der Waals surface area (Å²) in [6, 6.07) is 13.9. The van der Waals surface area contributed by atoms with E-state index in [1.165, 1.54) is 24.3 Å². The highest BCUT2D eigenvalue weighted by atomic mass is 79.9. The number of alkyl halides is 3. The lowest BCUT2D eigenvalue weighted by molar-refractivity contribution is -0.383. The Labute approximate surface area is 170 Å². The minimum Gasteiger partial charge on any atom is -0.320 e. The van der Waals surface area contributed by atoms with Crippen LogP contribution in [-0.4, -0.2) is 14.5 Å². The average Bonchev–Trinajstić information content (AvgIpc) is 2.67. The molecule has 7 nitrogen and oxygen atoms in total. The Morgan fingerprint density at radius 2 is 1.72 bits per heavy atom. The van der Waals surface area contributed by atoms with Gasteiger partial charge in [0.1, 0.15) is 10.2 Å². The molecule has 0 aliphatic carbocycles. The van der Waals surface area contributed by atoms with E-state index >= 15 is 0 Å². The Morgan fingerprint density at radius 1 is 1.10 bits per heavy atom. The number of anilines is 2. The van der Waals surface area contributed by atoms with Gasteiger partial charge in [0, 0.05) is 6.07 Å². The summed E-state index contributed by atoms with van der Waals surface area (Å²) in [6.07, 6.45) is -4.90. The lowest BCUT2D eigenvalue weighted by Crippen LogP contribution is -2.29. The van der Waals surface area contributed by atoms with Gasteiger partial charge in [-0.05, 0) is 27.6 Å². The van der Waals surface area contributed by atoms with Crippen LogP contribution in [0.5, 0.6) is 0 Å². The maximum absolute atomic E-state index is 13.3. The van der Waals surface area contributed by atoms with Crippen molar-refractivity contribution in [3.05, 3.63) is 90.8 Å². The van der Waals surface area contributed by atoms with Crippen molar-refractivity contribution in [2.24, 2.45) is 0 Å². The summed E-state index contributed by atoms with van der Waals surface area (Å²) in [5, 5.41) is 13.7. The van der Waals surface area contributed by atoms with Crippen molar-refractivity contribution >= 4 is 33.3 Å². The molecule has 29 heavy (non-hydrogen) atoms. The summed E-state index contributed by atoms with van der Waals surface area (Å²) >= 11 is 2.69. The van der Waals surface area contributed by atoms with E-state index in [-0.39, 0.29) is 17.9 Å². The first-order valence-electron chi connectivity index (χ1n) is 8.10. The second-order valence-corrected chi connectivity index (χ2v) is 6.66. The molecular formula is C18H12BrF3N4O3. The molecule has 0 saturated heterocycles. The Morgan fingerprint density at radius 3 is 2.34 bits per heavy atom. The molecule has 1 aromatic heterocycles. The van der Waals surface area contributed by atoms with Crippen LogP contribution in [0.1, 0.15) is 11.3 Å². The molecule has 3 aromatic rings. The van der Waals surface area contributed by atoms with Crippen molar-refractivity contribution in [3.63, 3.8) is 0 Å². The van der Waals surface area contributed by atoms with Gasteiger partial charge in [0.25, 0.3) is 11.2 Å². The average molecular weight is 469 g/mol. The molecular weight excluding hydrogens is 457 g/mol. The van der Waals surface area contributed by atoms with E-state index in [2.05, 4.69) is 26.2 Å². The van der Waals surface area contributed by atoms with Gasteiger partial charge in [0.15, 0.2) is 5.69 Å². The zero-order chi connectivity index (χ0) is 21.2. The highest BCUT2D eigenvalue weighted by molar-refractivity contribution is 9.10. The van der Waals surface area contributed by atoms with Gasteiger partial charge in [-0.25, -0.2) is 4.98 Å². The number of nitrogens with zero attached hydrogens (tertiary/aromatic N) is 3. The van der Waals surface area contributed by atoms with E-state index in [9.17, 15) is 28.1 Å². The summed E-state index contributed by atoms with van der Waals surface area (Å²) in [4.78, 5) is 26.8. The number of para-hydroxylation sites is 2. The van der Waals surface area contributed by atoms with E-state index in [0.29, 0.717) is 5.56 Å². The summed E-state index contributed by atoms with van der Waals surface area (Å²) in [7, 11) is 0. The molecule has 0 radical (unpaired) electrons.